The average molecular weight is 238 g/mol. The van der Waals surface area contributed by atoms with Gasteiger partial charge in [-0.05, 0) is 11.8 Å². The molecule has 1 rings (SSSR count). The van der Waals surface area contributed by atoms with Crippen molar-refractivity contribution in [2.75, 3.05) is 6.54 Å². The molecule has 4 heteroatoms. The van der Waals surface area contributed by atoms with Gasteiger partial charge < -0.3 is 9.84 Å². The minimum absolute atomic E-state index is 0.127. The highest BCUT2D eigenvalue weighted by Gasteiger charge is 2.19. The van der Waals surface area contributed by atoms with Crippen LogP contribution in [0.15, 0.2) is 10.6 Å². The number of amides is 1. The van der Waals surface area contributed by atoms with E-state index in [1.165, 1.54) is 0 Å². The zero-order valence-electron chi connectivity index (χ0n) is 11.2. The molecule has 0 aromatic carbocycles. The minimum Gasteiger partial charge on any atom is -0.361 e. The maximum Gasteiger partial charge on any atom is 0.273 e. The third kappa shape index (κ3) is 4.21. The lowest BCUT2D eigenvalue weighted by atomic mass is 9.88. The van der Waals surface area contributed by atoms with Gasteiger partial charge in [0.1, 0.15) is 5.76 Å². The van der Waals surface area contributed by atoms with Gasteiger partial charge in [-0.3, -0.25) is 4.79 Å². The van der Waals surface area contributed by atoms with Gasteiger partial charge in [0.2, 0.25) is 0 Å². The van der Waals surface area contributed by atoms with E-state index in [0.717, 1.165) is 25.0 Å². The summed E-state index contributed by atoms with van der Waals surface area (Å²) in [5, 5.41) is 6.65. The van der Waals surface area contributed by atoms with E-state index in [9.17, 15) is 4.79 Å². The smallest absolute Gasteiger partial charge is 0.273 e. The first-order valence-corrected chi connectivity index (χ1v) is 6.22. The van der Waals surface area contributed by atoms with E-state index in [1.807, 2.05) is 6.92 Å². The fourth-order valence-corrected chi connectivity index (χ4v) is 1.76. The van der Waals surface area contributed by atoms with Crippen LogP contribution in [0.4, 0.5) is 0 Å². The SMILES string of the molecule is CCCC(C)(C)CNC(=O)c1cc(CC)on1. The second-order valence-electron chi connectivity index (χ2n) is 5.13. The molecule has 0 unspecified atom stereocenters. The highest BCUT2D eigenvalue weighted by molar-refractivity contribution is 5.92. The Morgan fingerprint density at radius 1 is 1.47 bits per heavy atom. The molecule has 1 amide bonds. The van der Waals surface area contributed by atoms with Gasteiger partial charge in [0, 0.05) is 19.0 Å². The van der Waals surface area contributed by atoms with Crippen LogP contribution in [0.2, 0.25) is 0 Å². The number of carbonyl (C=O) groups excluding carboxylic acids is 1. The third-order valence-corrected chi connectivity index (χ3v) is 2.79. The van der Waals surface area contributed by atoms with E-state index in [0.29, 0.717) is 12.2 Å². The summed E-state index contributed by atoms with van der Waals surface area (Å²) in [6.07, 6.45) is 2.96. The molecule has 17 heavy (non-hydrogen) atoms. The molecule has 4 nitrogen and oxygen atoms in total. The Balaban J connectivity index is 2.49. The zero-order valence-corrected chi connectivity index (χ0v) is 11.2. The van der Waals surface area contributed by atoms with Crippen molar-refractivity contribution in [3.8, 4) is 0 Å². The molecule has 1 heterocycles. The van der Waals surface area contributed by atoms with Gasteiger partial charge in [0.05, 0.1) is 0 Å². The fourth-order valence-electron chi connectivity index (χ4n) is 1.76. The van der Waals surface area contributed by atoms with Gasteiger partial charge in [-0.1, -0.05) is 39.3 Å². The molecule has 0 fully saturated rings. The van der Waals surface area contributed by atoms with Crippen molar-refractivity contribution in [2.45, 2.75) is 47.0 Å². The lowest BCUT2D eigenvalue weighted by Gasteiger charge is -2.23. The van der Waals surface area contributed by atoms with E-state index >= 15 is 0 Å². The summed E-state index contributed by atoms with van der Waals surface area (Å²) in [6.45, 7) is 9.07. The summed E-state index contributed by atoms with van der Waals surface area (Å²) in [5.41, 5.74) is 0.496. The predicted octanol–water partition coefficient (Wildman–Crippen LogP) is 2.79. The Morgan fingerprint density at radius 2 is 2.18 bits per heavy atom. The molecule has 1 aromatic rings. The van der Waals surface area contributed by atoms with Crippen LogP contribution in [-0.4, -0.2) is 17.6 Å². The first-order valence-electron chi connectivity index (χ1n) is 6.22. The number of hydrogen-bond acceptors (Lipinski definition) is 3. The average Bonchev–Trinajstić information content (AvgIpc) is 2.74. The van der Waals surface area contributed by atoms with Gasteiger partial charge in [-0.15, -0.1) is 0 Å². The number of aryl methyl sites for hydroxylation is 1. The molecule has 0 aliphatic rings. The van der Waals surface area contributed by atoms with Crippen LogP contribution < -0.4 is 5.32 Å². The molecule has 0 spiro atoms. The number of rotatable bonds is 6. The molecular weight excluding hydrogens is 216 g/mol. The number of hydrogen-bond donors (Lipinski definition) is 1. The lowest BCUT2D eigenvalue weighted by molar-refractivity contribution is 0.0925. The second-order valence-corrected chi connectivity index (χ2v) is 5.13. The van der Waals surface area contributed by atoms with Crippen molar-refractivity contribution in [1.82, 2.24) is 10.5 Å². The molecular formula is C13H22N2O2. The van der Waals surface area contributed by atoms with Gasteiger partial charge >= 0.3 is 0 Å². The molecule has 0 radical (unpaired) electrons. The monoisotopic (exact) mass is 238 g/mol. The fraction of sp³-hybridized carbons (Fsp3) is 0.692. The van der Waals surface area contributed by atoms with E-state index in [2.05, 4.69) is 31.2 Å². The van der Waals surface area contributed by atoms with Gasteiger partial charge in [0.15, 0.2) is 5.69 Å². The Morgan fingerprint density at radius 3 is 2.71 bits per heavy atom. The van der Waals surface area contributed by atoms with E-state index in [4.69, 9.17) is 4.52 Å². The molecule has 0 aliphatic carbocycles. The first-order chi connectivity index (χ1) is 7.98. The standard InChI is InChI=1S/C13H22N2O2/c1-5-7-13(3,4)9-14-12(16)11-8-10(6-2)17-15-11/h8H,5-7,9H2,1-4H3,(H,14,16). The maximum atomic E-state index is 11.8. The number of aromatic nitrogens is 1. The summed E-state index contributed by atoms with van der Waals surface area (Å²) < 4.78 is 5.00. The third-order valence-electron chi connectivity index (χ3n) is 2.79. The minimum atomic E-state index is -0.155. The Bertz CT molecular complexity index is 369. The Labute approximate surface area is 103 Å². The lowest BCUT2D eigenvalue weighted by Crippen LogP contribution is -2.34. The van der Waals surface area contributed by atoms with Crippen LogP contribution in [0.25, 0.3) is 0 Å². The summed E-state index contributed by atoms with van der Waals surface area (Å²) in [6, 6.07) is 1.70. The van der Waals surface area contributed by atoms with Crippen LogP contribution in [0.5, 0.6) is 0 Å². The topological polar surface area (TPSA) is 55.1 Å². The van der Waals surface area contributed by atoms with E-state index in [1.54, 1.807) is 6.07 Å². The van der Waals surface area contributed by atoms with Crippen LogP contribution in [0, 0.1) is 5.41 Å². The van der Waals surface area contributed by atoms with E-state index in [-0.39, 0.29) is 11.3 Å². The van der Waals surface area contributed by atoms with Crippen molar-refractivity contribution >= 4 is 5.91 Å². The molecule has 96 valence electrons. The molecule has 0 aliphatic heterocycles. The summed E-state index contributed by atoms with van der Waals surface area (Å²) in [5.74, 6) is 0.584. The highest BCUT2D eigenvalue weighted by Crippen LogP contribution is 2.20. The molecule has 1 N–H and O–H groups in total. The Kier molecular flexibility index (Phi) is 4.73. The number of carbonyl (C=O) groups is 1. The van der Waals surface area contributed by atoms with Crippen LogP contribution in [0.3, 0.4) is 0 Å². The van der Waals surface area contributed by atoms with Crippen molar-refractivity contribution in [2.24, 2.45) is 5.41 Å². The molecule has 0 bridgehead atoms. The van der Waals surface area contributed by atoms with E-state index < -0.39 is 0 Å². The number of nitrogens with zero attached hydrogens (tertiary/aromatic N) is 1. The molecule has 1 aromatic heterocycles. The van der Waals surface area contributed by atoms with Crippen molar-refractivity contribution < 1.29 is 9.32 Å². The molecule has 0 atom stereocenters. The Hall–Kier alpha value is -1.32. The van der Waals surface area contributed by atoms with Gasteiger partial charge in [-0.25, -0.2) is 0 Å². The van der Waals surface area contributed by atoms with Crippen molar-refractivity contribution in [3.63, 3.8) is 0 Å². The van der Waals surface area contributed by atoms with Crippen LogP contribution in [0.1, 0.15) is 56.8 Å². The van der Waals surface area contributed by atoms with Gasteiger partial charge in [-0.2, -0.15) is 0 Å². The van der Waals surface area contributed by atoms with Crippen LogP contribution >= 0.6 is 0 Å². The number of nitrogens with one attached hydrogen (secondary N) is 1. The normalized spacial score (nSPS) is 11.5. The van der Waals surface area contributed by atoms with Crippen LogP contribution in [-0.2, 0) is 6.42 Å². The largest absolute Gasteiger partial charge is 0.361 e. The van der Waals surface area contributed by atoms with Crippen molar-refractivity contribution in [1.29, 1.82) is 0 Å². The summed E-state index contributed by atoms with van der Waals surface area (Å²) in [4.78, 5) is 11.8. The first kappa shape index (κ1) is 13.7. The molecule has 0 saturated heterocycles. The maximum absolute atomic E-state index is 11.8. The molecule has 0 saturated carbocycles. The second kappa shape index (κ2) is 5.84. The van der Waals surface area contributed by atoms with Crippen molar-refractivity contribution in [3.05, 3.63) is 17.5 Å². The highest BCUT2D eigenvalue weighted by atomic mass is 16.5. The summed E-state index contributed by atoms with van der Waals surface area (Å²) >= 11 is 0. The zero-order chi connectivity index (χ0) is 12.9. The predicted molar refractivity (Wildman–Crippen MR) is 66.9 cm³/mol. The van der Waals surface area contributed by atoms with Gasteiger partial charge in [0.25, 0.3) is 5.91 Å². The quantitative estimate of drug-likeness (QED) is 0.829. The summed E-state index contributed by atoms with van der Waals surface area (Å²) in [7, 11) is 0.